The molecular formula is C8H14O5. The second-order valence-electron chi connectivity index (χ2n) is 2.46. The van der Waals surface area contributed by atoms with E-state index >= 15 is 0 Å². The molecule has 5 heteroatoms. The number of carboxylic acid groups (broad SMARTS) is 1. The fourth-order valence-corrected chi connectivity index (χ4v) is 0.712. The van der Waals surface area contributed by atoms with Gasteiger partial charge in [0.05, 0.1) is 6.61 Å². The maximum absolute atomic E-state index is 10.8. The van der Waals surface area contributed by atoms with Gasteiger partial charge in [0, 0.05) is 12.8 Å². The average molecular weight is 190 g/mol. The smallest absolute Gasteiger partial charge is 0.342 e. The minimum Gasteiger partial charge on any atom is -0.481 e. The second kappa shape index (κ2) is 7.54. The van der Waals surface area contributed by atoms with Crippen LogP contribution in [0.3, 0.4) is 0 Å². The maximum atomic E-state index is 10.8. The fourth-order valence-electron chi connectivity index (χ4n) is 0.712. The van der Waals surface area contributed by atoms with Crippen LogP contribution >= 0.6 is 0 Å². The second-order valence-corrected chi connectivity index (χ2v) is 2.46. The van der Waals surface area contributed by atoms with E-state index in [2.05, 4.69) is 9.78 Å². The summed E-state index contributed by atoms with van der Waals surface area (Å²) in [6.07, 6.45) is 1.28. The van der Waals surface area contributed by atoms with Crippen molar-refractivity contribution >= 4 is 11.9 Å². The Hall–Kier alpha value is -1.10. The summed E-state index contributed by atoms with van der Waals surface area (Å²) in [5.41, 5.74) is 0. The predicted molar refractivity (Wildman–Crippen MR) is 43.8 cm³/mol. The molecule has 0 aromatic rings. The molecule has 0 aliphatic heterocycles. The molecule has 0 fully saturated rings. The monoisotopic (exact) mass is 190 g/mol. The average Bonchev–Trinajstić information content (AvgIpc) is 2.08. The van der Waals surface area contributed by atoms with Crippen LogP contribution in [0.15, 0.2) is 0 Å². The molecule has 0 radical (unpaired) electrons. The highest BCUT2D eigenvalue weighted by molar-refractivity contribution is 5.69. The van der Waals surface area contributed by atoms with E-state index < -0.39 is 11.9 Å². The van der Waals surface area contributed by atoms with Crippen LogP contribution in [0.2, 0.25) is 0 Å². The van der Waals surface area contributed by atoms with Gasteiger partial charge in [0.2, 0.25) is 0 Å². The molecular weight excluding hydrogens is 176 g/mol. The number of aliphatic carboxylic acids is 1. The molecule has 0 unspecified atom stereocenters. The molecule has 13 heavy (non-hydrogen) atoms. The molecule has 0 atom stereocenters. The van der Waals surface area contributed by atoms with Crippen LogP contribution in [0.4, 0.5) is 0 Å². The molecule has 0 aromatic heterocycles. The Balaban J connectivity index is 3.22. The summed E-state index contributed by atoms with van der Waals surface area (Å²) in [7, 11) is 0. The molecule has 0 aliphatic rings. The van der Waals surface area contributed by atoms with Gasteiger partial charge in [0.15, 0.2) is 0 Å². The van der Waals surface area contributed by atoms with Crippen LogP contribution < -0.4 is 0 Å². The predicted octanol–water partition coefficient (Wildman–Crippen LogP) is 1.13. The van der Waals surface area contributed by atoms with Gasteiger partial charge in [-0.15, -0.1) is 0 Å². The number of carbonyl (C=O) groups excluding carboxylic acids is 1. The standard InChI is InChI=1S/C8H14O5/c1-2-12-13-8(11)6-4-3-5-7(9)10/h2-6H2,1H3,(H,9,10). The van der Waals surface area contributed by atoms with Gasteiger partial charge in [-0.25, -0.2) is 4.79 Å². The molecule has 0 aliphatic carbocycles. The zero-order valence-corrected chi connectivity index (χ0v) is 7.62. The van der Waals surface area contributed by atoms with Crippen molar-refractivity contribution < 1.29 is 24.5 Å². The van der Waals surface area contributed by atoms with E-state index in [1.165, 1.54) is 0 Å². The lowest BCUT2D eigenvalue weighted by atomic mass is 10.2. The van der Waals surface area contributed by atoms with Crippen molar-refractivity contribution in [1.29, 1.82) is 0 Å². The van der Waals surface area contributed by atoms with Gasteiger partial charge in [-0.2, -0.15) is 4.89 Å². The van der Waals surface area contributed by atoms with E-state index in [0.717, 1.165) is 0 Å². The molecule has 0 heterocycles. The van der Waals surface area contributed by atoms with Crippen molar-refractivity contribution in [2.75, 3.05) is 6.61 Å². The molecule has 0 spiro atoms. The number of unbranched alkanes of at least 4 members (excludes halogenated alkanes) is 1. The maximum Gasteiger partial charge on any atom is 0.342 e. The summed E-state index contributed by atoms with van der Waals surface area (Å²) in [6.45, 7) is 2.03. The first kappa shape index (κ1) is 11.9. The third-order valence-corrected chi connectivity index (χ3v) is 1.29. The summed E-state index contributed by atoms with van der Waals surface area (Å²) in [6, 6.07) is 0. The van der Waals surface area contributed by atoms with Crippen molar-refractivity contribution in [2.24, 2.45) is 0 Å². The minimum atomic E-state index is -0.849. The number of rotatable bonds is 7. The molecule has 0 rings (SSSR count). The van der Waals surface area contributed by atoms with Gasteiger partial charge in [-0.3, -0.25) is 9.68 Å². The molecule has 0 amide bonds. The summed E-state index contributed by atoms with van der Waals surface area (Å²) >= 11 is 0. The highest BCUT2D eigenvalue weighted by Crippen LogP contribution is 2.01. The lowest BCUT2D eigenvalue weighted by Crippen LogP contribution is -2.05. The Morgan fingerprint density at radius 3 is 2.38 bits per heavy atom. The summed E-state index contributed by atoms with van der Waals surface area (Å²) in [5, 5.41) is 8.28. The number of carboxylic acids is 1. The van der Waals surface area contributed by atoms with Gasteiger partial charge >= 0.3 is 11.9 Å². The number of hydrogen-bond acceptors (Lipinski definition) is 4. The van der Waals surface area contributed by atoms with Crippen LogP contribution in [0.1, 0.15) is 32.6 Å². The molecule has 1 N–H and O–H groups in total. The number of hydrogen-bond donors (Lipinski definition) is 1. The van der Waals surface area contributed by atoms with E-state index in [0.29, 0.717) is 19.4 Å². The van der Waals surface area contributed by atoms with Gasteiger partial charge in [-0.1, -0.05) is 0 Å². The van der Waals surface area contributed by atoms with Crippen molar-refractivity contribution in [3.05, 3.63) is 0 Å². The highest BCUT2D eigenvalue weighted by atomic mass is 17.2. The minimum absolute atomic E-state index is 0.0852. The third kappa shape index (κ3) is 8.81. The number of carbonyl (C=O) groups is 2. The Kier molecular flexibility index (Phi) is 6.91. The summed E-state index contributed by atoms with van der Waals surface area (Å²) in [5.74, 6) is -1.30. The van der Waals surface area contributed by atoms with Crippen LogP contribution in [-0.4, -0.2) is 23.7 Å². The van der Waals surface area contributed by atoms with Crippen molar-refractivity contribution in [3.8, 4) is 0 Å². The van der Waals surface area contributed by atoms with E-state index in [9.17, 15) is 9.59 Å². The van der Waals surface area contributed by atoms with E-state index in [1.807, 2.05) is 0 Å². The zero-order valence-electron chi connectivity index (χ0n) is 7.62. The summed E-state index contributed by atoms with van der Waals surface area (Å²) < 4.78 is 0. The molecule has 0 saturated carbocycles. The topological polar surface area (TPSA) is 72.8 Å². The normalized spacial score (nSPS) is 9.62. The van der Waals surface area contributed by atoms with Gasteiger partial charge in [0.25, 0.3) is 0 Å². The van der Waals surface area contributed by atoms with Crippen LogP contribution in [0.5, 0.6) is 0 Å². The lowest BCUT2D eigenvalue weighted by molar-refractivity contribution is -0.269. The Morgan fingerprint density at radius 2 is 1.85 bits per heavy atom. The third-order valence-electron chi connectivity index (χ3n) is 1.29. The Morgan fingerprint density at radius 1 is 1.23 bits per heavy atom. The lowest BCUT2D eigenvalue weighted by Gasteiger charge is -2.00. The Bertz CT molecular complexity index is 166. The van der Waals surface area contributed by atoms with Gasteiger partial charge in [-0.05, 0) is 19.8 Å². The van der Waals surface area contributed by atoms with E-state index in [1.54, 1.807) is 6.92 Å². The summed E-state index contributed by atoms with van der Waals surface area (Å²) in [4.78, 5) is 29.5. The van der Waals surface area contributed by atoms with Crippen molar-refractivity contribution in [2.45, 2.75) is 32.6 Å². The van der Waals surface area contributed by atoms with Crippen molar-refractivity contribution in [3.63, 3.8) is 0 Å². The molecule has 0 saturated heterocycles. The first-order chi connectivity index (χ1) is 6.16. The largest absolute Gasteiger partial charge is 0.481 e. The Labute approximate surface area is 76.6 Å². The van der Waals surface area contributed by atoms with Crippen molar-refractivity contribution in [1.82, 2.24) is 0 Å². The molecule has 0 aromatic carbocycles. The molecule has 76 valence electrons. The van der Waals surface area contributed by atoms with E-state index in [4.69, 9.17) is 5.11 Å². The first-order valence-electron chi connectivity index (χ1n) is 4.21. The molecule has 5 nitrogen and oxygen atoms in total. The van der Waals surface area contributed by atoms with E-state index in [-0.39, 0.29) is 12.8 Å². The molecule has 0 bridgehead atoms. The van der Waals surface area contributed by atoms with Crippen LogP contribution in [0.25, 0.3) is 0 Å². The highest BCUT2D eigenvalue weighted by Gasteiger charge is 2.04. The zero-order chi connectivity index (χ0) is 10.1. The van der Waals surface area contributed by atoms with Crippen LogP contribution in [-0.2, 0) is 19.4 Å². The van der Waals surface area contributed by atoms with Crippen LogP contribution in [0, 0.1) is 0 Å². The van der Waals surface area contributed by atoms with Gasteiger partial charge in [0.1, 0.15) is 0 Å². The quantitative estimate of drug-likeness (QED) is 0.370. The first-order valence-corrected chi connectivity index (χ1v) is 4.21. The SMILES string of the molecule is CCOOC(=O)CCCCC(=O)O. The van der Waals surface area contributed by atoms with Gasteiger partial charge < -0.3 is 5.11 Å². The fraction of sp³-hybridized carbons (Fsp3) is 0.750.